The van der Waals surface area contributed by atoms with Crippen molar-refractivity contribution < 1.29 is 9.72 Å². The number of carbonyl (C=O) groups excluding carboxylic acids is 1. The molecule has 0 spiro atoms. The third-order valence-electron chi connectivity index (χ3n) is 2.75. The molecule has 8 heteroatoms. The third kappa shape index (κ3) is 5.28. The summed E-state index contributed by atoms with van der Waals surface area (Å²) in [7, 11) is 0. The first-order valence-corrected chi connectivity index (χ1v) is 7.19. The number of amides is 1. The van der Waals surface area contributed by atoms with Crippen LogP contribution in [0.2, 0.25) is 5.02 Å². The smallest absolute Gasteiger partial charge is 0.288 e. The fraction of sp³-hybridized carbons (Fsp3) is 0.385. The number of hydrogen-bond acceptors (Lipinski definition) is 4. The first-order chi connectivity index (χ1) is 9.85. The summed E-state index contributed by atoms with van der Waals surface area (Å²) in [5.41, 5.74) is 0.959. The first kappa shape index (κ1) is 17.3. The highest BCUT2D eigenvalue weighted by atomic mass is 35.5. The molecule has 0 atom stereocenters. The number of nitro benzene ring substituents is 1. The summed E-state index contributed by atoms with van der Waals surface area (Å²) in [6.45, 7) is 3.68. The lowest BCUT2D eigenvalue weighted by atomic mass is 10.2. The van der Waals surface area contributed by atoms with Gasteiger partial charge in [-0.05, 0) is 37.2 Å². The number of thiocarbonyl (C=S) groups is 1. The van der Waals surface area contributed by atoms with Crippen molar-refractivity contribution in [2.75, 3.05) is 5.32 Å². The summed E-state index contributed by atoms with van der Waals surface area (Å²) in [4.78, 5) is 21.8. The zero-order valence-corrected chi connectivity index (χ0v) is 13.3. The minimum atomic E-state index is -0.552. The molecule has 0 saturated carbocycles. The molecule has 0 radical (unpaired) electrons. The number of aryl methyl sites for hydroxylation is 1. The van der Waals surface area contributed by atoms with E-state index in [4.69, 9.17) is 23.8 Å². The number of nitrogens with one attached hydrogen (secondary N) is 2. The van der Waals surface area contributed by atoms with E-state index < -0.39 is 4.92 Å². The standard InChI is InChI=1S/C13H16ClN3O3S/c1-3-4-5-12(18)16-13(21)15-10-7-9(14)11(17(19)20)6-8(10)2/h6-7H,3-5H2,1-2H3,(H2,15,16,18,21). The van der Waals surface area contributed by atoms with E-state index in [9.17, 15) is 14.9 Å². The largest absolute Gasteiger partial charge is 0.332 e. The minimum absolute atomic E-state index is 0.00760. The molecule has 0 fully saturated rings. The van der Waals surface area contributed by atoms with Crippen LogP contribution in [-0.2, 0) is 4.79 Å². The number of hydrogen-bond donors (Lipinski definition) is 2. The molecular formula is C13H16ClN3O3S. The Hall–Kier alpha value is -1.73. The molecule has 0 aliphatic carbocycles. The quantitative estimate of drug-likeness (QED) is 0.490. The lowest BCUT2D eigenvalue weighted by Crippen LogP contribution is -2.34. The molecule has 21 heavy (non-hydrogen) atoms. The van der Waals surface area contributed by atoms with Gasteiger partial charge in [0.2, 0.25) is 5.91 Å². The molecule has 0 aliphatic heterocycles. The summed E-state index contributed by atoms with van der Waals surface area (Å²) in [5, 5.41) is 16.3. The van der Waals surface area contributed by atoms with E-state index in [0.717, 1.165) is 12.8 Å². The highest BCUT2D eigenvalue weighted by Crippen LogP contribution is 2.30. The molecule has 0 saturated heterocycles. The molecule has 1 aromatic carbocycles. The predicted octanol–water partition coefficient (Wildman–Crippen LogP) is 3.56. The van der Waals surface area contributed by atoms with Gasteiger partial charge in [0.15, 0.2) is 5.11 Å². The number of unbranched alkanes of at least 4 members (excludes halogenated alkanes) is 1. The Bertz CT molecular complexity index is 578. The number of nitro groups is 1. The van der Waals surface area contributed by atoms with Crippen LogP contribution in [0.3, 0.4) is 0 Å². The van der Waals surface area contributed by atoms with Crippen LogP contribution in [0.5, 0.6) is 0 Å². The van der Waals surface area contributed by atoms with E-state index in [1.807, 2.05) is 6.92 Å². The van der Waals surface area contributed by atoms with Crippen molar-refractivity contribution in [3.05, 3.63) is 32.8 Å². The minimum Gasteiger partial charge on any atom is -0.332 e. The predicted molar refractivity (Wildman–Crippen MR) is 86.7 cm³/mol. The van der Waals surface area contributed by atoms with Crippen LogP contribution in [-0.4, -0.2) is 15.9 Å². The zero-order valence-electron chi connectivity index (χ0n) is 11.7. The van der Waals surface area contributed by atoms with Gasteiger partial charge in [0.1, 0.15) is 5.02 Å². The van der Waals surface area contributed by atoms with Gasteiger partial charge in [0.25, 0.3) is 5.69 Å². The molecule has 0 aliphatic rings. The fourth-order valence-electron chi connectivity index (χ4n) is 1.62. The Kier molecular flexibility index (Phi) is 6.51. The van der Waals surface area contributed by atoms with E-state index in [1.165, 1.54) is 12.1 Å². The monoisotopic (exact) mass is 329 g/mol. The topological polar surface area (TPSA) is 84.3 Å². The van der Waals surface area contributed by atoms with Crippen LogP contribution < -0.4 is 10.6 Å². The Morgan fingerprint density at radius 3 is 2.71 bits per heavy atom. The van der Waals surface area contributed by atoms with Crippen LogP contribution in [0.15, 0.2) is 12.1 Å². The van der Waals surface area contributed by atoms with E-state index in [0.29, 0.717) is 17.7 Å². The van der Waals surface area contributed by atoms with Crippen molar-refractivity contribution in [2.45, 2.75) is 33.1 Å². The Labute approximate surface area is 133 Å². The first-order valence-electron chi connectivity index (χ1n) is 6.40. The number of nitrogens with zero attached hydrogens (tertiary/aromatic N) is 1. The molecule has 1 aromatic rings. The van der Waals surface area contributed by atoms with Crippen molar-refractivity contribution >= 4 is 46.2 Å². The van der Waals surface area contributed by atoms with Crippen molar-refractivity contribution in [1.82, 2.24) is 5.32 Å². The van der Waals surface area contributed by atoms with E-state index in [-0.39, 0.29) is 21.7 Å². The molecule has 1 amide bonds. The average Bonchev–Trinajstić information content (AvgIpc) is 2.39. The highest BCUT2D eigenvalue weighted by Gasteiger charge is 2.15. The number of halogens is 1. The second-order valence-electron chi connectivity index (χ2n) is 4.48. The number of benzene rings is 1. The summed E-state index contributed by atoms with van der Waals surface area (Å²) in [6, 6.07) is 2.77. The highest BCUT2D eigenvalue weighted by molar-refractivity contribution is 7.80. The number of anilines is 1. The molecule has 2 N–H and O–H groups in total. The number of carbonyl (C=O) groups is 1. The third-order valence-corrected chi connectivity index (χ3v) is 3.26. The molecule has 1 rings (SSSR count). The molecule has 0 aromatic heterocycles. The van der Waals surface area contributed by atoms with Gasteiger partial charge in [-0.2, -0.15) is 0 Å². The molecule has 0 heterocycles. The lowest BCUT2D eigenvalue weighted by molar-refractivity contribution is -0.384. The van der Waals surface area contributed by atoms with Crippen molar-refractivity contribution in [3.8, 4) is 0 Å². The van der Waals surface area contributed by atoms with Crippen LogP contribution >= 0.6 is 23.8 Å². The van der Waals surface area contributed by atoms with E-state index in [2.05, 4.69) is 10.6 Å². The SMILES string of the molecule is CCCCC(=O)NC(=S)Nc1cc(Cl)c([N+](=O)[O-])cc1C. The Morgan fingerprint density at radius 2 is 2.14 bits per heavy atom. The van der Waals surface area contributed by atoms with Gasteiger partial charge in [-0.3, -0.25) is 14.9 Å². The maximum absolute atomic E-state index is 11.5. The molecule has 114 valence electrons. The molecule has 0 bridgehead atoms. The Balaban J connectivity index is 2.75. The van der Waals surface area contributed by atoms with E-state index >= 15 is 0 Å². The zero-order chi connectivity index (χ0) is 16.0. The van der Waals surface area contributed by atoms with Gasteiger partial charge in [0.05, 0.1) is 4.92 Å². The maximum Gasteiger partial charge on any atom is 0.288 e. The lowest BCUT2D eigenvalue weighted by Gasteiger charge is -2.12. The van der Waals surface area contributed by atoms with Crippen LogP contribution in [0.1, 0.15) is 31.7 Å². The number of rotatable bonds is 5. The van der Waals surface area contributed by atoms with Gasteiger partial charge < -0.3 is 10.6 Å². The normalized spacial score (nSPS) is 10.0. The van der Waals surface area contributed by atoms with Crippen LogP contribution in [0, 0.1) is 17.0 Å². The summed E-state index contributed by atoms with van der Waals surface area (Å²) >= 11 is 10.9. The second kappa shape index (κ2) is 7.90. The fourth-order valence-corrected chi connectivity index (χ4v) is 2.08. The van der Waals surface area contributed by atoms with Crippen molar-refractivity contribution in [3.63, 3.8) is 0 Å². The summed E-state index contributed by atoms with van der Waals surface area (Å²) in [6.07, 6.45) is 2.11. The van der Waals surface area contributed by atoms with Gasteiger partial charge in [-0.15, -0.1) is 0 Å². The second-order valence-corrected chi connectivity index (χ2v) is 5.30. The van der Waals surface area contributed by atoms with Gasteiger partial charge >= 0.3 is 0 Å². The Morgan fingerprint density at radius 1 is 1.48 bits per heavy atom. The van der Waals surface area contributed by atoms with Crippen LogP contribution in [0.25, 0.3) is 0 Å². The molecule has 0 unspecified atom stereocenters. The van der Waals surface area contributed by atoms with Gasteiger partial charge in [-0.25, -0.2) is 0 Å². The van der Waals surface area contributed by atoms with Crippen molar-refractivity contribution in [1.29, 1.82) is 0 Å². The van der Waals surface area contributed by atoms with E-state index in [1.54, 1.807) is 6.92 Å². The van der Waals surface area contributed by atoms with Crippen LogP contribution in [0.4, 0.5) is 11.4 Å². The van der Waals surface area contributed by atoms with Gasteiger partial charge in [-0.1, -0.05) is 24.9 Å². The van der Waals surface area contributed by atoms with Gasteiger partial charge in [0, 0.05) is 18.2 Å². The summed E-state index contributed by atoms with van der Waals surface area (Å²) < 4.78 is 0. The molecule has 6 nitrogen and oxygen atoms in total. The average molecular weight is 330 g/mol. The molecular weight excluding hydrogens is 314 g/mol. The van der Waals surface area contributed by atoms with Crippen molar-refractivity contribution in [2.24, 2.45) is 0 Å². The maximum atomic E-state index is 11.5. The summed E-state index contributed by atoms with van der Waals surface area (Å²) in [5.74, 6) is -0.167.